The smallest absolute Gasteiger partial charge is 0.338 e. The Morgan fingerprint density at radius 2 is 1.70 bits per heavy atom. The van der Waals surface area contributed by atoms with E-state index < -0.39 is 22.9 Å². The highest BCUT2D eigenvalue weighted by molar-refractivity contribution is 6.01. The van der Waals surface area contributed by atoms with Crippen molar-refractivity contribution in [2.24, 2.45) is 0 Å². The summed E-state index contributed by atoms with van der Waals surface area (Å²) in [5, 5.41) is 14.6. The molecule has 1 heterocycles. The number of ether oxygens (including phenoxy) is 3. The predicted octanol–water partition coefficient (Wildman–Crippen LogP) is 4.46. The number of aliphatic hydroxyl groups is 1. The molecule has 1 aliphatic heterocycles. The fraction of sp³-hybridized carbons (Fsp3) is 0.267. The SMILES string of the molecule is COc1cccc(OC)c1C(C)(C)CC(O)(C#Cc1ccccc1)C(=O)Nc1ccc2c(c1)COC2=O. The monoisotopic (exact) mass is 499 g/mol. The van der Waals surface area contributed by atoms with Crippen LogP contribution in [0.2, 0.25) is 0 Å². The summed E-state index contributed by atoms with van der Waals surface area (Å²) < 4.78 is 16.2. The molecule has 190 valence electrons. The number of hydrogen-bond donors (Lipinski definition) is 2. The summed E-state index contributed by atoms with van der Waals surface area (Å²) in [4.78, 5) is 25.4. The van der Waals surface area contributed by atoms with Gasteiger partial charge in [-0.2, -0.15) is 0 Å². The van der Waals surface area contributed by atoms with Gasteiger partial charge in [0.05, 0.1) is 19.8 Å². The van der Waals surface area contributed by atoms with E-state index in [1.807, 2.05) is 50.2 Å². The summed E-state index contributed by atoms with van der Waals surface area (Å²) in [6.45, 7) is 3.93. The maximum absolute atomic E-state index is 13.6. The quantitative estimate of drug-likeness (QED) is 0.368. The van der Waals surface area contributed by atoms with Crippen molar-refractivity contribution in [2.45, 2.75) is 37.9 Å². The molecule has 0 aromatic heterocycles. The zero-order chi connectivity index (χ0) is 26.6. The van der Waals surface area contributed by atoms with Gasteiger partial charge < -0.3 is 24.6 Å². The number of benzene rings is 3. The molecule has 1 amide bonds. The summed E-state index contributed by atoms with van der Waals surface area (Å²) in [6, 6.07) is 19.4. The first kappa shape index (κ1) is 25.8. The van der Waals surface area contributed by atoms with E-state index >= 15 is 0 Å². The topological polar surface area (TPSA) is 94.1 Å². The number of rotatable bonds is 7. The minimum Gasteiger partial charge on any atom is -0.496 e. The van der Waals surface area contributed by atoms with Gasteiger partial charge in [0.1, 0.15) is 18.1 Å². The molecule has 7 heteroatoms. The highest BCUT2D eigenvalue weighted by Gasteiger charge is 2.43. The van der Waals surface area contributed by atoms with E-state index in [1.165, 1.54) is 0 Å². The average molecular weight is 500 g/mol. The first-order valence-corrected chi connectivity index (χ1v) is 11.8. The van der Waals surface area contributed by atoms with Crippen LogP contribution in [0.5, 0.6) is 11.5 Å². The number of fused-ring (bicyclic) bond motifs is 1. The molecule has 4 rings (SSSR count). The third kappa shape index (κ3) is 5.45. The van der Waals surface area contributed by atoms with E-state index in [2.05, 4.69) is 17.2 Å². The lowest BCUT2D eigenvalue weighted by Gasteiger charge is -2.34. The molecular formula is C30H29NO6. The van der Waals surface area contributed by atoms with Gasteiger partial charge >= 0.3 is 5.97 Å². The Bertz CT molecular complexity index is 1360. The van der Waals surface area contributed by atoms with Crippen LogP contribution in [0.4, 0.5) is 5.69 Å². The van der Waals surface area contributed by atoms with E-state index in [-0.39, 0.29) is 13.0 Å². The number of amides is 1. The van der Waals surface area contributed by atoms with Crippen molar-refractivity contribution in [1.82, 2.24) is 0 Å². The van der Waals surface area contributed by atoms with Crippen LogP contribution in [0.15, 0.2) is 66.7 Å². The Morgan fingerprint density at radius 3 is 2.35 bits per heavy atom. The zero-order valence-electron chi connectivity index (χ0n) is 21.3. The lowest BCUT2D eigenvalue weighted by atomic mass is 9.74. The van der Waals surface area contributed by atoms with Gasteiger partial charge in [-0.15, -0.1) is 0 Å². The van der Waals surface area contributed by atoms with Crippen LogP contribution in [-0.4, -0.2) is 36.8 Å². The van der Waals surface area contributed by atoms with Gasteiger partial charge in [0.25, 0.3) is 5.91 Å². The van der Waals surface area contributed by atoms with E-state index in [1.54, 1.807) is 44.6 Å². The Hall–Kier alpha value is -4.28. The minimum atomic E-state index is -2.09. The number of methoxy groups -OCH3 is 2. The highest BCUT2D eigenvalue weighted by Crippen LogP contribution is 2.43. The van der Waals surface area contributed by atoms with Crippen LogP contribution in [-0.2, 0) is 21.6 Å². The first-order valence-electron chi connectivity index (χ1n) is 11.8. The van der Waals surface area contributed by atoms with Gasteiger partial charge in [-0.1, -0.05) is 50.0 Å². The Kier molecular flexibility index (Phi) is 7.23. The molecule has 0 spiro atoms. The van der Waals surface area contributed by atoms with Crippen molar-refractivity contribution < 1.29 is 28.9 Å². The summed E-state index contributed by atoms with van der Waals surface area (Å²) >= 11 is 0. The number of cyclic esters (lactones) is 1. The Balaban J connectivity index is 1.72. The standard InChI is InChI=1S/C30H29NO6/c1-29(2,26-24(35-3)11-8-12-25(26)36-4)19-30(34,16-15-20-9-6-5-7-10-20)28(33)31-22-13-14-23-21(17-22)18-37-27(23)32/h5-14,17,34H,18-19H2,1-4H3,(H,31,33). The van der Waals surface area contributed by atoms with Crippen LogP contribution >= 0.6 is 0 Å². The fourth-order valence-corrected chi connectivity index (χ4v) is 4.57. The van der Waals surface area contributed by atoms with Crippen LogP contribution in [0.3, 0.4) is 0 Å². The molecule has 3 aromatic carbocycles. The van der Waals surface area contributed by atoms with Crippen molar-refractivity contribution in [2.75, 3.05) is 19.5 Å². The second kappa shape index (κ2) is 10.4. The molecule has 1 aliphatic rings. The van der Waals surface area contributed by atoms with Crippen LogP contribution in [0.25, 0.3) is 0 Å². The lowest BCUT2D eigenvalue weighted by molar-refractivity contribution is -0.130. The molecular weight excluding hydrogens is 470 g/mol. The van der Waals surface area contributed by atoms with Gasteiger partial charge in [0.2, 0.25) is 5.60 Å². The van der Waals surface area contributed by atoms with Crippen molar-refractivity contribution in [3.8, 4) is 23.3 Å². The van der Waals surface area contributed by atoms with E-state index in [9.17, 15) is 14.7 Å². The van der Waals surface area contributed by atoms with Crippen LogP contribution < -0.4 is 14.8 Å². The normalized spacial score (nSPS) is 13.9. The molecule has 1 atom stereocenters. The molecule has 0 saturated carbocycles. The van der Waals surface area contributed by atoms with Crippen LogP contribution in [0, 0.1) is 11.8 Å². The van der Waals surface area contributed by atoms with Gasteiger partial charge in [-0.25, -0.2) is 4.79 Å². The molecule has 3 aromatic rings. The van der Waals surface area contributed by atoms with Crippen molar-refractivity contribution in [3.05, 3.63) is 89.0 Å². The summed E-state index contributed by atoms with van der Waals surface area (Å²) in [7, 11) is 3.12. The zero-order valence-corrected chi connectivity index (χ0v) is 21.3. The molecule has 0 radical (unpaired) electrons. The maximum atomic E-state index is 13.6. The van der Waals surface area contributed by atoms with Crippen molar-refractivity contribution in [1.29, 1.82) is 0 Å². The van der Waals surface area contributed by atoms with E-state index in [0.717, 1.165) is 0 Å². The summed E-state index contributed by atoms with van der Waals surface area (Å²) in [5.41, 5.74) is 0.0388. The molecule has 1 unspecified atom stereocenters. The van der Waals surface area contributed by atoms with Crippen molar-refractivity contribution in [3.63, 3.8) is 0 Å². The number of hydrogen-bond acceptors (Lipinski definition) is 6. The van der Waals surface area contributed by atoms with Gasteiger partial charge in [0.15, 0.2) is 0 Å². The van der Waals surface area contributed by atoms with Gasteiger partial charge in [0, 0.05) is 34.2 Å². The molecule has 37 heavy (non-hydrogen) atoms. The van der Waals surface area contributed by atoms with Gasteiger partial charge in [-0.3, -0.25) is 4.79 Å². The third-order valence-electron chi connectivity index (χ3n) is 6.31. The summed E-state index contributed by atoms with van der Waals surface area (Å²) in [5.74, 6) is 5.83. The number of carbonyl (C=O) groups is 2. The molecule has 0 saturated heterocycles. The van der Waals surface area contributed by atoms with E-state index in [4.69, 9.17) is 14.2 Å². The molecule has 7 nitrogen and oxygen atoms in total. The largest absolute Gasteiger partial charge is 0.496 e. The van der Waals surface area contributed by atoms with Gasteiger partial charge in [-0.05, 0) is 42.5 Å². The number of anilines is 1. The molecule has 0 fully saturated rings. The number of carbonyl (C=O) groups excluding carboxylic acids is 2. The predicted molar refractivity (Wildman–Crippen MR) is 140 cm³/mol. The Morgan fingerprint density at radius 1 is 1.03 bits per heavy atom. The molecule has 0 bridgehead atoms. The number of nitrogens with one attached hydrogen (secondary N) is 1. The highest BCUT2D eigenvalue weighted by atomic mass is 16.5. The molecule has 2 N–H and O–H groups in total. The summed E-state index contributed by atoms with van der Waals surface area (Å²) in [6.07, 6.45) is -0.0606. The number of esters is 1. The van der Waals surface area contributed by atoms with Crippen LogP contribution in [0.1, 0.15) is 47.3 Å². The lowest BCUT2D eigenvalue weighted by Crippen LogP contribution is -2.46. The first-order chi connectivity index (χ1) is 17.7. The minimum absolute atomic E-state index is 0.0606. The average Bonchev–Trinajstić information content (AvgIpc) is 3.27. The Labute approximate surface area is 216 Å². The van der Waals surface area contributed by atoms with E-state index in [0.29, 0.717) is 39.4 Å². The second-order valence-electron chi connectivity index (χ2n) is 9.48. The molecule has 0 aliphatic carbocycles. The maximum Gasteiger partial charge on any atom is 0.338 e. The van der Waals surface area contributed by atoms with Crippen molar-refractivity contribution >= 4 is 17.6 Å². The third-order valence-corrected chi connectivity index (χ3v) is 6.31. The fourth-order valence-electron chi connectivity index (χ4n) is 4.57. The second-order valence-corrected chi connectivity index (χ2v) is 9.48.